The molecule has 12 nitrogen and oxygen atoms in total. The van der Waals surface area contributed by atoms with Crippen molar-refractivity contribution in [2.24, 2.45) is 0 Å². The summed E-state index contributed by atoms with van der Waals surface area (Å²) in [6, 6.07) is 7.71. The van der Waals surface area contributed by atoms with Gasteiger partial charge in [-0.05, 0) is 66.5 Å². The molecule has 0 atom stereocenters. The van der Waals surface area contributed by atoms with Crippen molar-refractivity contribution in [2.75, 3.05) is 13.1 Å². The first-order valence-electron chi connectivity index (χ1n) is 12.5. The first-order chi connectivity index (χ1) is 17.6. The number of carboxylic acid groups (broad SMARTS) is 1. The molecule has 1 aromatic heterocycles. The number of aliphatic carboxylic acids is 1. The van der Waals surface area contributed by atoms with Crippen molar-refractivity contribution in [3.63, 3.8) is 0 Å². The van der Waals surface area contributed by atoms with Crippen LogP contribution in [0.15, 0.2) is 24.3 Å². The molecule has 2 rings (SSSR count). The van der Waals surface area contributed by atoms with Gasteiger partial charge < -0.3 is 35.5 Å². The number of amides is 3. The van der Waals surface area contributed by atoms with Crippen LogP contribution < -0.4 is 16.0 Å². The minimum atomic E-state index is -0.865. The van der Waals surface area contributed by atoms with Gasteiger partial charge in [0, 0.05) is 25.9 Å². The van der Waals surface area contributed by atoms with Crippen LogP contribution in [0, 0.1) is 0 Å². The van der Waals surface area contributed by atoms with E-state index in [9.17, 15) is 19.2 Å². The molecule has 0 saturated heterocycles. The van der Waals surface area contributed by atoms with Gasteiger partial charge in [0.05, 0.1) is 17.6 Å². The molecule has 0 aliphatic heterocycles. The van der Waals surface area contributed by atoms with Gasteiger partial charge in [0.2, 0.25) is 5.91 Å². The molecular formula is C26H41N5O7. The van der Waals surface area contributed by atoms with Gasteiger partial charge in [-0.15, -0.1) is 0 Å². The summed E-state index contributed by atoms with van der Waals surface area (Å²) in [5.74, 6) is -0.228. The van der Waals surface area contributed by atoms with Crippen LogP contribution in [0.5, 0.6) is 0 Å². The summed E-state index contributed by atoms with van der Waals surface area (Å²) < 4.78 is 10.1. The Labute approximate surface area is 223 Å². The van der Waals surface area contributed by atoms with Gasteiger partial charge >= 0.3 is 18.2 Å². The fraction of sp³-hybridized carbons (Fsp3) is 0.577. The molecule has 0 aliphatic carbocycles. The lowest BCUT2D eigenvalue weighted by molar-refractivity contribution is -0.137. The predicted molar refractivity (Wildman–Crippen MR) is 143 cm³/mol. The lowest BCUT2D eigenvalue weighted by Crippen LogP contribution is -2.33. The van der Waals surface area contributed by atoms with Gasteiger partial charge in [-0.3, -0.25) is 9.59 Å². The Hall–Kier alpha value is -3.83. The average molecular weight is 536 g/mol. The number of rotatable bonds is 10. The zero-order valence-electron chi connectivity index (χ0n) is 23.1. The fourth-order valence-electron chi connectivity index (χ4n) is 2.86. The quantitative estimate of drug-likeness (QED) is 0.285. The maximum absolute atomic E-state index is 11.8. The molecule has 0 aliphatic rings. The molecule has 12 heteroatoms. The highest BCUT2D eigenvalue weighted by Gasteiger charge is 2.16. The van der Waals surface area contributed by atoms with E-state index < -0.39 is 29.4 Å². The van der Waals surface area contributed by atoms with Crippen molar-refractivity contribution in [3.05, 3.63) is 30.1 Å². The third-order valence-electron chi connectivity index (χ3n) is 4.38. The van der Waals surface area contributed by atoms with E-state index in [4.69, 9.17) is 14.6 Å². The number of nitrogens with one attached hydrogen (secondary N) is 4. The van der Waals surface area contributed by atoms with Gasteiger partial charge in [0.25, 0.3) is 0 Å². The average Bonchev–Trinajstić information content (AvgIpc) is 3.19. The molecule has 0 saturated carbocycles. The van der Waals surface area contributed by atoms with Crippen LogP contribution in [-0.2, 0) is 25.6 Å². The molecule has 3 amide bonds. The number of para-hydroxylation sites is 2. The third kappa shape index (κ3) is 16.0. The number of aromatic amines is 1. The summed E-state index contributed by atoms with van der Waals surface area (Å²) in [6.45, 7) is 11.8. The van der Waals surface area contributed by atoms with Crippen molar-refractivity contribution in [1.29, 1.82) is 0 Å². The summed E-state index contributed by atoms with van der Waals surface area (Å²) >= 11 is 0. The van der Waals surface area contributed by atoms with Crippen molar-refractivity contribution in [1.82, 2.24) is 25.9 Å². The number of imidazole rings is 1. The van der Waals surface area contributed by atoms with Gasteiger partial charge in [-0.2, -0.15) is 0 Å². The number of nitrogens with zero attached hydrogens (tertiary/aromatic N) is 1. The maximum Gasteiger partial charge on any atom is 0.407 e. The van der Waals surface area contributed by atoms with Crippen molar-refractivity contribution < 1.29 is 33.8 Å². The van der Waals surface area contributed by atoms with Crippen LogP contribution in [0.3, 0.4) is 0 Å². The van der Waals surface area contributed by atoms with E-state index in [0.717, 1.165) is 16.9 Å². The van der Waals surface area contributed by atoms with E-state index in [1.54, 1.807) is 41.5 Å². The molecular weight excluding hydrogens is 494 g/mol. The van der Waals surface area contributed by atoms with E-state index in [1.807, 2.05) is 24.3 Å². The predicted octanol–water partition coefficient (Wildman–Crippen LogP) is 3.86. The monoisotopic (exact) mass is 535 g/mol. The molecule has 38 heavy (non-hydrogen) atoms. The zero-order chi connectivity index (χ0) is 28.8. The number of H-pyrrole nitrogens is 1. The Bertz CT molecular complexity index is 1020. The minimum Gasteiger partial charge on any atom is -0.481 e. The van der Waals surface area contributed by atoms with Crippen molar-refractivity contribution in [3.8, 4) is 0 Å². The third-order valence-corrected chi connectivity index (χ3v) is 4.38. The van der Waals surface area contributed by atoms with Crippen LogP contribution in [-0.4, -0.2) is 63.4 Å². The fourth-order valence-corrected chi connectivity index (χ4v) is 2.86. The molecule has 0 unspecified atom stereocenters. The number of carboxylic acids is 1. The smallest absolute Gasteiger partial charge is 0.407 e. The number of carbonyl (C=O) groups excluding carboxylic acids is 3. The van der Waals surface area contributed by atoms with E-state index >= 15 is 0 Å². The van der Waals surface area contributed by atoms with E-state index in [0.29, 0.717) is 38.9 Å². The molecule has 0 bridgehead atoms. The first kappa shape index (κ1) is 32.2. The molecule has 5 N–H and O–H groups in total. The molecule has 2 aromatic rings. The van der Waals surface area contributed by atoms with Crippen LogP contribution >= 0.6 is 0 Å². The topological polar surface area (TPSA) is 172 Å². The molecule has 1 heterocycles. The Morgan fingerprint density at radius 3 is 1.87 bits per heavy atom. The highest BCUT2D eigenvalue weighted by molar-refractivity contribution is 5.77. The second kappa shape index (κ2) is 15.4. The normalized spacial score (nSPS) is 11.1. The van der Waals surface area contributed by atoms with Crippen LogP contribution in [0.25, 0.3) is 11.0 Å². The molecule has 212 valence electrons. The maximum atomic E-state index is 11.8. The van der Waals surface area contributed by atoms with E-state index in [-0.39, 0.29) is 12.3 Å². The molecule has 0 spiro atoms. The highest BCUT2D eigenvalue weighted by atomic mass is 16.6. The van der Waals surface area contributed by atoms with E-state index in [2.05, 4.69) is 25.9 Å². The Balaban J connectivity index is 0.000000442. The first-order valence-corrected chi connectivity index (χ1v) is 12.5. The largest absolute Gasteiger partial charge is 0.481 e. The van der Waals surface area contributed by atoms with Crippen molar-refractivity contribution in [2.45, 2.75) is 85.0 Å². The number of alkyl carbamates (subject to hydrolysis) is 2. The van der Waals surface area contributed by atoms with Crippen molar-refractivity contribution >= 4 is 35.1 Å². The summed E-state index contributed by atoms with van der Waals surface area (Å²) in [7, 11) is 0. The number of ether oxygens (including phenoxy) is 2. The summed E-state index contributed by atoms with van der Waals surface area (Å²) in [4.78, 5) is 52.0. The molecule has 0 fully saturated rings. The zero-order valence-corrected chi connectivity index (χ0v) is 23.1. The highest BCUT2D eigenvalue weighted by Crippen LogP contribution is 2.10. The summed E-state index contributed by atoms with van der Waals surface area (Å²) in [5, 5.41) is 16.2. The summed E-state index contributed by atoms with van der Waals surface area (Å²) in [5.41, 5.74) is 0.789. The standard InChI is InChI=1S/C17H24N4O3.C9H17NO4/c1-17(2,3)24-16(23)18-10-6-9-15(22)19-11-14-20-12-7-4-5-8-13(12)21-14;1-9(2,3)14-8(13)10-6-4-5-7(11)12/h4-5,7-8H,6,9-11H2,1-3H3,(H,18,23)(H,19,22)(H,20,21);4-6H2,1-3H3,(H,10,13)(H,11,12). The number of fused-ring (bicyclic) bond motifs is 1. The van der Waals surface area contributed by atoms with Gasteiger partial charge in [0.1, 0.15) is 17.0 Å². The lowest BCUT2D eigenvalue weighted by Gasteiger charge is -2.19. The number of benzene rings is 1. The van der Waals surface area contributed by atoms with E-state index in [1.165, 1.54) is 0 Å². The molecule has 1 aromatic carbocycles. The Morgan fingerprint density at radius 1 is 0.842 bits per heavy atom. The van der Waals surface area contributed by atoms with Crippen LogP contribution in [0.1, 0.15) is 73.1 Å². The second-order valence-electron chi connectivity index (χ2n) is 10.4. The molecule has 0 radical (unpaired) electrons. The number of hydrogen-bond donors (Lipinski definition) is 5. The minimum absolute atomic E-state index is 0.0514. The van der Waals surface area contributed by atoms with Gasteiger partial charge in [-0.1, -0.05) is 12.1 Å². The Kier molecular flexibility index (Phi) is 13.1. The lowest BCUT2D eigenvalue weighted by atomic mass is 10.2. The van der Waals surface area contributed by atoms with Gasteiger partial charge in [-0.25, -0.2) is 14.6 Å². The Morgan fingerprint density at radius 2 is 1.37 bits per heavy atom. The van der Waals surface area contributed by atoms with Crippen LogP contribution in [0.4, 0.5) is 9.59 Å². The van der Waals surface area contributed by atoms with Gasteiger partial charge in [0.15, 0.2) is 0 Å². The SMILES string of the molecule is CC(C)(C)OC(=O)NCCCC(=O)NCc1nc2ccccc2[nH]1.CC(C)(C)OC(=O)NCCCC(=O)O. The number of hydrogen-bond acceptors (Lipinski definition) is 7. The van der Waals surface area contributed by atoms with Crippen LogP contribution in [0.2, 0.25) is 0 Å². The summed E-state index contributed by atoms with van der Waals surface area (Å²) in [6.07, 6.45) is 0.360. The number of aromatic nitrogens is 2. The number of carbonyl (C=O) groups is 4. The second-order valence-corrected chi connectivity index (χ2v) is 10.4.